The van der Waals surface area contributed by atoms with Crippen molar-refractivity contribution in [3.63, 3.8) is 0 Å². The Morgan fingerprint density at radius 3 is 2.04 bits per heavy atom. The van der Waals surface area contributed by atoms with Crippen molar-refractivity contribution in [1.82, 2.24) is 0 Å². The highest BCUT2D eigenvalue weighted by Crippen LogP contribution is 2.37. The molecule has 1 rings (SSSR count). The third-order valence-corrected chi connectivity index (χ3v) is 8.88. The van der Waals surface area contributed by atoms with E-state index in [1.807, 2.05) is 0 Å². The number of ketones is 1. The van der Waals surface area contributed by atoms with Crippen molar-refractivity contribution in [3.05, 3.63) is 0 Å². The molecule has 0 amide bonds. The highest BCUT2D eigenvalue weighted by Gasteiger charge is 2.47. The van der Waals surface area contributed by atoms with Crippen LogP contribution < -0.4 is 0 Å². The third kappa shape index (κ3) is 4.88. The molecule has 0 aromatic heterocycles. The fourth-order valence-corrected chi connectivity index (χ4v) is 3.55. The summed E-state index contributed by atoms with van der Waals surface area (Å²) in [6.45, 7) is 15.2. The van der Waals surface area contributed by atoms with E-state index in [2.05, 4.69) is 33.9 Å². The Morgan fingerprint density at radius 2 is 1.65 bits per heavy atom. The number of ether oxygens (including phenoxy) is 2. The topological polar surface area (TPSA) is 78.9 Å². The van der Waals surface area contributed by atoms with Gasteiger partial charge in [-0.25, -0.2) is 0 Å². The zero-order chi connectivity index (χ0) is 18.2. The molecule has 0 saturated carbocycles. The molecule has 1 unspecified atom stereocenters. The fraction of sp³-hybridized carbons (Fsp3) is 0.812. The summed E-state index contributed by atoms with van der Waals surface area (Å²) in [5, 5.41) is 0.0109. The van der Waals surface area contributed by atoms with Crippen molar-refractivity contribution in [2.24, 2.45) is 5.92 Å². The van der Waals surface area contributed by atoms with Gasteiger partial charge in [0.15, 0.2) is 14.1 Å². The molecule has 0 aliphatic carbocycles. The molecule has 23 heavy (non-hydrogen) atoms. The molecule has 1 heterocycles. The molecule has 7 heteroatoms. The van der Waals surface area contributed by atoms with Gasteiger partial charge in [-0.05, 0) is 25.1 Å². The number of Topliss-reactive ketones (excluding diaryl/α,β-unsaturated/α-hetero) is 1. The second-order valence-corrected chi connectivity index (χ2v) is 12.8. The smallest absolute Gasteiger partial charge is 0.331 e. The Balaban J connectivity index is 2.73. The molecule has 0 N–H and O–H groups in total. The minimum Gasteiger partial charge on any atom is -0.422 e. The molecular weight excluding hydrogens is 316 g/mol. The van der Waals surface area contributed by atoms with Gasteiger partial charge >= 0.3 is 11.9 Å². The Kier molecular flexibility index (Phi) is 5.48. The van der Waals surface area contributed by atoms with Crippen molar-refractivity contribution in [1.29, 1.82) is 0 Å². The van der Waals surface area contributed by atoms with E-state index in [-0.39, 0.29) is 17.6 Å². The van der Waals surface area contributed by atoms with Crippen LogP contribution in [0.25, 0.3) is 0 Å². The van der Waals surface area contributed by atoms with Gasteiger partial charge in [0, 0.05) is 26.4 Å². The summed E-state index contributed by atoms with van der Waals surface area (Å²) in [4.78, 5) is 36.1. The summed E-state index contributed by atoms with van der Waals surface area (Å²) < 4.78 is 16.0. The van der Waals surface area contributed by atoms with Gasteiger partial charge in [-0.2, -0.15) is 0 Å². The van der Waals surface area contributed by atoms with E-state index in [4.69, 9.17) is 13.9 Å². The predicted molar refractivity (Wildman–Crippen MR) is 87.1 cm³/mol. The summed E-state index contributed by atoms with van der Waals surface area (Å²) in [6, 6.07) is 0. The summed E-state index contributed by atoms with van der Waals surface area (Å²) in [5.74, 6) is -5.06. The van der Waals surface area contributed by atoms with Gasteiger partial charge < -0.3 is 13.9 Å². The number of esters is 2. The molecule has 6 nitrogen and oxygen atoms in total. The van der Waals surface area contributed by atoms with Crippen LogP contribution in [0.2, 0.25) is 18.1 Å². The van der Waals surface area contributed by atoms with Gasteiger partial charge in [0.1, 0.15) is 0 Å². The summed E-state index contributed by atoms with van der Waals surface area (Å²) >= 11 is 0. The van der Waals surface area contributed by atoms with Crippen molar-refractivity contribution >= 4 is 26.0 Å². The summed E-state index contributed by atoms with van der Waals surface area (Å²) in [6.07, 6.45) is -0.402. The van der Waals surface area contributed by atoms with Crippen LogP contribution in [-0.2, 0) is 28.3 Å². The highest BCUT2D eigenvalue weighted by atomic mass is 28.4. The minimum atomic E-state index is -2.03. The SMILES string of the molecule is CC(CC(=O)C1C(=O)OC(C)(C)OC1=O)O[Si](C)(C)C(C)(C)C. The van der Waals surface area contributed by atoms with Gasteiger partial charge in [0.2, 0.25) is 5.92 Å². The van der Waals surface area contributed by atoms with Gasteiger partial charge in [0.05, 0.1) is 0 Å². The van der Waals surface area contributed by atoms with E-state index in [1.165, 1.54) is 13.8 Å². The molecule has 1 aliphatic rings. The van der Waals surface area contributed by atoms with Gasteiger partial charge in [-0.15, -0.1) is 0 Å². The molecule has 0 aromatic carbocycles. The van der Waals surface area contributed by atoms with Crippen LogP contribution in [-0.4, -0.2) is 37.9 Å². The molecule has 1 aliphatic heterocycles. The lowest BCUT2D eigenvalue weighted by atomic mass is 9.98. The molecule has 1 saturated heterocycles. The number of hydrogen-bond donors (Lipinski definition) is 0. The molecule has 0 radical (unpaired) electrons. The Morgan fingerprint density at radius 1 is 1.22 bits per heavy atom. The quantitative estimate of drug-likeness (QED) is 0.433. The predicted octanol–water partition coefficient (Wildman–Crippen LogP) is 2.81. The first kappa shape index (κ1) is 19.8. The maximum Gasteiger partial charge on any atom is 0.331 e. The fourth-order valence-electron chi connectivity index (χ4n) is 2.10. The van der Waals surface area contributed by atoms with E-state index in [1.54, 1.807) is 6.92 Å². The largest absolute Gasteiger partial charge is 0.422 e. The summed E-state index contributed by atoms with van der Waals surface area (Å²) in [5.41, 5.74) is 0. The first-order valence-electron chi connectivity index (χ1n) is 7.82. The number of cyclic esters (lactones) is 2. The monoisotopic (exact) mass is 344 g/mol. The highest BCUT2D eigenvalue weighted by molar-refractivity contribution is 6.74. The van der Waals surface area contributed by atoms with E-state index < -0.39 is 37.7 Å². The number of carbonyl (C=O) groups is 3. The second-order valence-electron chi connectivity index (χ2n) is 8.03. The average Bonchev–Trinajstić information content (AvgIpc) is 2.22. The molecule has 132 valence electrons. The lowest BCUT2D eigenvalue weighted by Crippen LogP contribution is -2.50. The Hall–Kier alpha value is -1.21. The average molecular weight is 344 g/mol. The number of carbonyl (C=O) groups excluding carboxylic acids is 3. The van der Waals surface area contributed by atoms with Gasteiger partial charge in [0.25, 0.3) is 5.79 Å². The van der Waals surface area contributed by atoms with E-state index in [0.29, 0.717) is 0 Å². The zero-order valence-electron chi connectivity index (χ0n) is 15.3. The molecule has 0 aromatic rings. The van der Waals surface area contributed by atoms with Crippen LogP contribution in [0.15, 0.2) is 0 Å². The van der Waals surface area contributed by atoms with E-state index in [9.17, 15) is 14.4 Å². The Bertz CT molecular complexity index is 483. The van der Waals surface area contributed by atoms with E-state index >= 15 is 0 Å². The first-order valence-corrected chi connectivity index (χ1v) is 10.7. The van der Waals surface area contributed by atoms with E-state index in [0.717, 1.165) is 0 Å². The van der Waals surface area contributed by atoms with Gasteiger partial charge in [-0.1, -0.05) is 20.8 Å². The van der Waals surface area contributed by atoms with Crippen LogP contribution in [0, 0.1) is 5.92 Å². The number of rotatable bonds is 5. The lowest BCUT2D eigenvalue weighted by molar-refractivity contribution is -0.238. The third-order valence-electron chi connectivity index (χ3n) is 4.28. The summed E-state index contributed by atoms with van der Waals surface area (Å²) in [7, 11) is -2.03. The molecule has 0 spiro atoms. The van der Waals surface area contributed by atoms with Gasteiger partial charge in [-0.3, -0.25) is 14.4 Å². The van der Waals surface area contributed by atoms with Crippen molar-refractivity contribution < 1.29 is 28.3 Å². The standard InChI is InChI=1S/C16H28O6Si/c1-10(22-23(7,8)15(2,3)4)9-11(17)12-13(18)20-16(5,6)21-14(12)19/h10,12H,9H2,1-8H3. The van der Waals surface area contributed by atoms with Crippen LogP contribution in [0.1, 0.15) is 48.0 Å². The molecule has 0 bridgehead atoms. The van der Waals surface area contributed by atoms with Crippen LogP contribution in [0.4, 0.5) is 0 Å². The minimum absolute atomic E-state index is 0.0109. The van der Waals surface area contributed by atoms with Crippen molar-refractivity contribution in [3.8, 4) is 0 Å². The molecule has 1 fully saturated rings. The number of hydrogen-bond acceptors (Lipinski definition) is 6. The maximum absolute atomic E-state index is 12.3. The lowest BCUT2D eigenvalue weighted by Gasteiger charge is -2.38. The van der Waals surface area contributed by atoms with Crippen LogP contribution in [0.5, 0.6) is 0 Å². The Labute approximate surface area is 139 Å². The van der Waals surface area contributed by atoms with Crippen LogP contribution in [0.3, 0.4) is 0 Å². The normalized spacial score (nSPS) is 20.7. The second kappa shape index (κ2) is 6.35. The van der Waals surface area contributed by atoms with Crippen LogP contribution >= 0.6 is 0 Å². The zero-order valence-corrected chi connectivity index (χ0v) is 16.3. The molecule has 1 atom stereocenters. The maximum atomic E-state index is 12.3. The first-order chi connectivity index (χ1) is 10.2. The van der Waals surface area contributed by atoms with Crippen molar-refractivity contribution in [2.45, 2.75) is 78.0 Å². The van der Waals surface area contributed by atoms with Crippen molar-refractivity contribution in [2.75, 3.05) is 0 Å². The molecular formula is C16H28O6Si.